The molecule has 2 unspecified atom stereocenters. The predicted octanol–water partition coefficient (Wildman–Crippen LogP) is 4.00. The molecule has 1 aromatic heterocycles. The molecule has 34 heavy (non-hydrogen) atoms. The summed E-state index contributed by atoms with van der Waals surface area (Å²) in [5, 5.41) is 15.1. The van der Waals surface area contributed by atoms with Gasteiger partial charge in [0.15, 0.2) is 0 Å². The van der Waals surface area contributed by atoms with Crippen molar-refractivity contribution in [1.29, 1.82) is 0 Å². The zero-order valence-electron chi connectivity index (χ0n) is 18.9. The van der Waals surface area contributed by atoms with Crippen LogP contribution < -0.4 is 10.6 Å². The lowest BCUT2D eigenvalue weighted by molar-refractivity contribution is -0.152. The van der Waals surface area contributed by atoms with E-state index in [9.17, 15) is 24.3 Å². The standard InChI is InChI=1S/C24H25Cl2N3O5/c1-12(30)16-11-17(24(16,2)3)22(32)28-18(23(33)34)10-13-4-6-14(7-5-13)27-21(31)15-8-9-19(25)29-20(15)26/h4-9,16-18H,10-11H2,1-3H3,(H,27,31)(H,28,32)(H,33,34)/t16?,17?,18-/m0/s1. The number of anilines is 1. The molecule has 1 fully saturated rings. The Bertz CT molecular complexity index is 1130. The largest absolute Gasteiger partial charge is 0.480 e. The molecule has 8 nitrogen and oxygen atoms in total. The van der Waals surface area contributed by atoms with Crippen molar-refractivity contribution < 1.29 is 24.3 Å². The average Bonchev–Trinajstić information content (AvgIpc) is 2.73. The normalized spacial score (nSPS) is 19.4. The number of hydrogen-bond donors (Lipinski definition) is 3. The van der Waals surface area contributed by atoms with Gasteiger partial charge in [0.25, 0.3) is 5.91 Å². The third-order valence-electron chi connectivity index (χ3n) is 6.40. The van der Waals surface area contributed by atoms with Gasteiger partial charge in [0.1, 0.15) is 22.1 Å². The quantitative estimate of drug-likeness (QED) is 0.465. The summed E-state index contributed by atoms with van der Waals surface area (Å²) in [4.78, 5) is 52.4. The molecular formula is C24H25Cl2N3O5. The van der Waals surface area contributed by atoms with Gasteiger partial charge in [0.2, 0.25) is 5.91 Å². The van der Waals surface area contributed by atoms with Crippen molar-refractivity contribution in [2.24, 2.45) is 17.3 Å². The topological polar surface area (TPSA) is 125 Å². The van der Waals surface area contributed by atoms with Crippen molar-refractivity contribution in [3.05, 3.63) is 57.8 Å². The van der Waals surface area contributed by atoms with Crippen LogP contribution in [0.2, 0.25) is 10.3 Å². The lowest BCUT2D eigenvalue weighted by atomic mass is 9.53. The monoisotopic (exact) mass is 505 g/mol. The second-order valence-corrected chi connectivity index (χ2v) is 9.75. The highest BCUT2D eigenvalue weighted by Crippen LogP contribution is 2.51. The second-order valence-electron chi connectivity index (χ2n) is 9.00. The Morgan fingerprint density at radius 1 is 1.09 bits per heavy atom. The number of ketones is 1. The van der Waals surface area contributed by atoms with E-state index in [1.807, 2.05) is 13.8 Å². The first-order valence-corrected chi connectivity index (χ1v) is 11.4. The molecular weight excluding hydrogens is 481 g/mol. The zero-order chi connectivity index (χ0) is 25.2. The van der Waals surface area contributed by atoms with Crippen LogP contribution in [0, 0.1) is 17.3 Å². The minimum absolute atomic E-state index is 0.0223. The summed E-state index contributed by atoms with van der Waals surface area (Å²) in [7, 11) is 0. The molecule has 2 amide bonds. The van der Waals surface area contributed by atoms with E-state index in [0.717, 1.165) is 0 Å². The number of carbonyl (C=O) groups excluding carboxylic acids is 3. The van der Waals surface area contributed by atoms with E-state index >= 15 is 0 Å². The number of rotatable bonds is 8. The van der Waals surface area contributed by atoms with E-state index in [2.05, 4.69) is 15.6 Å². The molecule has 0 radical (unpaired) electrons. The van der Waals surface area contributed by atoms with Gasteiger partial charge in [-0.15, -0.1) is 0 Å². The Morgan fingerprint density at radius 2 is 1.74 bits per heavy atom. The average molecular weight is 506 g/mol. The molecule has 0 bridgehead atoms. The second kappa shape index (κ2) is 10.1. The molecule has 1 heterocycles. The number of hydrogen-bond acceptors (Lipinski definition) is 5. The molecule has 2 aromatic rings. The zero-order valence-corrected chi connectivity index (χ0v) is 20.4. The Hall–Kier alpha value is -2.97. The van der Waals surface area contributed by atoms with E-state index in [-0.39, 0.29) is 39.9 Å². The number of aliphatic carboxylic acids is 1. The maximum absolute atomic E-state index is 12.7. The fraction of sp³-hybridized carbons (Fsp3) is 0.375. The molecule has 1 aromatic carbocycles. The van der Waals surface area contributed by atoms with Crippen molar-refractivity contribution in [2.75, 3.05) is 5.32 Å². The maximum Gasteiger partial charge on any atom is 0.326 e. The van der Waals surface area contributed by atoms with E-state index < -0.39 is 29.3 Å². The molecule has 3 N–H and O–H groups in total. The Balaban J connectivity index is 1.62. The van der Waals surface area contributed by atoms with Gasteiger partial charge in [-0.3, -0.25) is 14.4 Å². The third-order valence-corrected chi connectivity index (χ3v) is 6.90. The van der Waals surface area contributed by atoms with E-state index in [1.54, 1.807) is 24.3 Å². The highest BCUT2D eigenvalue weighted by atomic mass is 35.5. The highest BCUT2D eigenvalue weighted by Gasteiger charge is 2.53. The first-order valence-electron chi connectivity index (χ1n) is 10.7. The molecule has 0 spiro atoms. The number of aromatic nitrogens is 1. The summed E-state index contributed by atoms with van der Waals surface area (Å²) in [6, 6.07) is 8.37. The summed E-state index contributed by atoms with van der Waals surface area (Å²) in [5.41, 5.74) is 0.782. The number of nitrogens with one attached hydrogen (secondary N) is 2. The van der Waals surface area contributed by atoms with Crippen molar-refractivity contribution in [3.8, 4) is 0 Å². The van der Waals surface area contributed by atoms with E-state index in [4.69, 9.17) is 23.2 Å². The summed E-state index contributed by atoms with van der Waals surface area (Å²) in [5.74, 6) is -2.58. The fourth-order valence-corrected chi connectivity index (χ4v) is 4.70. The molecule has 180 valence electrons. The molecule has 3 atom stereocenters. The van der Waals surface area contributed by atoms with E-state index in [0.29, 0.717) is 17.7 Å². The van der Waals surface area contributed by atoms with E-state index in [1.165, 1.54) is 19.1 Å². The van der Waals surface area contributed by atoms with Crippen LogP contribution in [0.3, 0.4) is 0 Å². The van der Waals surface area contributed by atoms with Gasteiger partial charge < -0.3 is 15.7 Å². The van der Waals surface area contributed by atoms with Gasteiger partial charge in [0.05, 0.1) is 5.56 Å². The molecule has 0 aliphatic heterocycles. The van der Waals surface area contributed by atoms with Crippen LogP contribution in [-0.2, 0) is 20.8 Å². The van der Waals surface area contributed by atoms with Crippen LogP contribution in [0.1, 0.15) is 43.1 Å². The SMILES string of the molecule is CC(=O)C1CC(C(=O)N[C@@H](Cc2ccc(NC(=O)c3ccc(Cl)nc3Cl)cc2)C(=O)O)C1(C)C. The summed E-state index contributed by atoms with van der Waals surface area (Å²) < 4.78 is 0. The number of benzene rings is 1. The number of Topliss-reactive ketones (excluding diaryl/α,β-unsaturated/α-hetero) is 1. The number of carboxylic acids is 1. The smallest absolute Gasteiger partial charge is 0.326 e. The maximum atomic E-state index is 12.7. The van der Waals surface area contributed by atoms with Crippen LogP contribution in [-0.4, -0.2) is 39.7 Å². The minimum Gasteiger partial charge on any atom is -0.480 e. The number of carbonyl (C=O) groups is 4. The highest BCUT2D eigenvalue weighted by molar-refractivity contribution is 6.35. The number of amides is 2. The van der Waals surface area contributed by atoms with Crippen molar-refractivity contribution in [2.45, 2.75) is 39.7 Å². The first kappa shape index (κ1) is 25.6. The fourth-order valence-electron chi connectivity index (χ4n) is 4.27. The molecule has 10 heteroatoms. The Labute approximate surface area is 207 Å². The van der Waals surface area contributed by atoms with Crippen molar-refractivity contribution >= 4 is 52.5 Å². The predicted molar refractivity (Wildman–Crippen MR) is 128 cm³/mol. The third kappa shape index (κ3) is 5.56. The Morgan fingerprint density at radius 3 is 2.26 bits per heavy atom. The molecule has 1 aliphatic rings. The summed E-state index contributed by atoms with van der Waals surface area (Å²) in [6.45, 7) is 5.21. The molecule has 0 saturated heterocycles. The number of carboxylic acid groups (broad SMARTS) is 1. The van der Waals surface area contributed by atoms with Crippen LogP contribution in [0.25, 0.3) is 0 Å². The Kier molecular flexibility index (Phi) is 7.63. The molecule has 3 rings (SSSR count). The minimum atomic E-state index is -1.16. The van der Waals surface area contributed by atoms with Crippen LogP contribution >= 0.6 is 23.2 Å². The number of nitrogens with zero attached hydrogens (tertiary/aromatic N) is 1. The lowest BCUT2D eigenvalue weighted by Crippen LogP contribution is -2.57. The van der Waals surface area contributed by atoms with Crippen LogP contribution in [0.15, 0.2) is 36.4 Å². The summed E-state index contributed by atoms with van der Waals surface area (Å²) in [6.07, 6.45) is 0.480. The van der Waals surface area contributed by atoms with Gasteiger partial charge in [0, 0.05) is 23.9 Å². The van der Waals surface area contributed by atoms with Gasteiger partial charge in [-0.1, -0.05) is 49.2 Å². The van der Waals surface area contributed by atoms with Gasteiger partial charge in [-0.05, 0) is 48.6 Å². The lowest BCUT2D eigenvalue weighted by Gasteiger charge is -2.50. The van der Waals surface area contributed by atoms with Crippen LogP contribution in [0.5, 0.6) is 0 Å². The number of pyridine rings is 1. The molecule has 1 saturated carbocycles. The van der Waals surface area contributed by atoms with Gasteiger partial charge >= 0.3 is 5.97 Å². The number of halogens is 2. The van der Waals surface area contributed by atoms with Gasteiger partial charge in [-0.2, -0.15) is 0 Å². The first-order chi connectivity index (χ1) is 15.9. The van der Waals surface area contributed by atoms with Gasteiger partial charge in [-0.25, -0.2) is 9.78 Å². The molecule has 1 aliphatic carbocycles. The van der Waals surface area contributed by atoms with Crippen LogP contribution in [0.4, 0.5) is 5.69 Å². The van der Waals surface area contributed by atoms with Crippen molar-refractivity contribution in [3.63, 3.8) is 0 Å². The summed E-state index contributed by atoms with van der Waals surface area (Å²) >= 11 is 11.7. The van der Waals surface area contributed by atoms with Crippen molar-refractivity contribution in [1.82, 2.24) is 10.3 Å².